The lowest BCUT2D eigenvalue weighted by Crippen LogP contribution is -2.05. The first-order valence-electron chi connectivity index (χ1n) is 4.08. The Morgan fingerprint density at radius 1 is 1.62 bits per heavy atom. The third kappa shape index (κ3) is 2.42. The summed E-state index contributed by atoms with van der Waals surface area (Å²) in [5.41, 5.74) is -1.60. The van der Waals surface area contributed by atoms with Crippen LogP contribution in [0.15, 0.2) is 6.07 Å². The van der Waals surface area contributed by atoms with Gasteiger partial charge in [-0.15, -0.1) is 0 Å². The van der Waals surface area contributed by atoms with E-state index >= 15 is 0 Å². The molecule has 0 fully saturated rings. The van der Waals surface area contributed by atoms with Crippen molar-refractivity contribution in [2.45, 2.75) is 12.8 Å². The normalized spacial score (nSPS) is 10.1. The van der Waals surface area contributed by atoms with E-state index < -0.39 is 35.8 Å². The summed E-state index contributed by atoms with van der Waals surface area (Å²) in [4.78, 5) is 13.7. The van der Waals surface area contributed by atoms with Gasteiger partial charge in [-0.3, -0.25) is 4.79 Å². The number of aliphatic carboxylic acids is 1. The molecular formula is C9H6F2N2O3. The fourth-order valence-electron chi connectivity index (χ4n) is 1.08. The number of carboxylic acid groups (broad SMARTS) is 1. The van der Waals surface area contributed by atoms with Crippen molar-refractivity contribution >= 4 is 5.97 Å². The van der Waals surface area contributed by atoms with E-state index in [9.17, 15) is 18.7 Å². The summed E-state index contributed by atoms with van der Waals surface area (Å²) in [6.45, 7) is 0. The smallest absolute Gasteiger partial charge is 0.309 e. The predicted molar refractivity (Wildman–Crippen MR) is 46.9 cm³/mol. The second-order valence-corrected chi connectivity index (χ2v) is 2.88. The predicted octanol–water partition coefficient (Wildman–Crippen LogP) is 1.22. The van der Waals surface area contributed by atoms with Crippen LogP contribution < -0.4 is 0 Å². The van der Waals surface area contributed by atoms with Gasteiger partial charge in [-0.05, 0) is 6.07 Å². The first-order valence-corrected chi connectivity index (χ1v) is 4.08. The average molecular weight is 228 g/mol. The van der Waals surface area contributed by atoms with Crippen LogP contribution >= 0.6 is 0 Å². The number of pyridine rings is 1. The van der Waals surface area contributed by atoms with Crippen LogP contribution in [0.25, 0.3) is 0 Å². The van der Waals surface area contributed by atoms with Crippen molar-refractivity contribution in [3.8, 4) is 11.8 Å². The van der Waals surface area contributed by atoms with Crippen LogP contribution in [-0.4, -0.2) is 21.2 Å². The number of nitriles is 1. The number of rotatable bonds is 3. The topological polar surface area (TPSA) is 94.2 Å². The largest absolute Gasteiger partial charge is 0.506 e. The Balaban J connectivity index is 3.27. The van der Waals surface area contributed by atoms with E-state index in [-0.39, 0.29) is 5.69 Å². The molecule has 5 nitrogen and oxygen atoms in total. The van der Waals surface area contributed by atoms with Gasteiger partial charge in [-0.2, -0.15) is 5.26 Å². The molecule has 0 atom stereocenters. The Morgan fingerprint density at radius 3 is 2.69 bits per heavy atom. The highest BCUT2D eigenvalue weighted by atomic mass is 19.3. The molecule has 0 saturated heterocycles. The molecule has 1 aromatic rings. The molecule has 0 unspecified atom stereocenters. The number of nitrogens with zero attached hydrogens (tertiary/aromatic N) is 2. The molecule has 0 radical (unpaired) electrons. The summed E-state index contributed by atoms with van der Waals surface area (Å²) >= 11 is 0. The van der Waals surface area contributed by atoms with Gasteiger partial charge in [0, 0.05) is 0 Å². The van der Waals surface area contributed by atoms with Gasteiger partial charge >= 0.3 is 5.97 Å². The van der Waals surface area contributed by atoms with Crippen LogP contribution in [0.2, 0.25) is 0 Å². The first-order chi connectivity index (χ1) is 7.45. The van der Waals surface area contributed by atoms with Crippen molar-refractivity contribution in [3.05, 3.63) is 23.0 Å². The molecule has 84 valence electrons. The lowest BCUT2D eigenvalue weighted by Gasteiger charge is -2.06. The van der Waals surface area contributed by atoms with Crippen molar-refractivity contribution in [2.24, 2.45) is 0 Å². The Labute approximate surface area is 88.6 Å². The fraction of sp³-hybridized carbons (Fsp3) is 0.222. The number of hydrogen-bond acceptors (Lipinski definition) is 4. The Hall–Kier alpha value is -2.23. The second-order valence-electron chi connectivity index (χ2n) is 2.88. The number of carboxylic acids is 1. The molecule has 0 aliphatic heterocycles. The lowest BCUT2D eigenvalue weighted by atomic mass is 10.1. The summed E-state index contributed by atoms with van der Waals surface area (Å²) in [7, 11) is 0. The van der Waals surface area contributed by atoms with E-state index in [1.54, 1.807) is 0 Å². The number of alkyl halides is 2. The zero-order valence-corrected chi connectivity index (χ0v) is 7.81. The molecule has 0 bridgehead atoms. The second kappa shape index (κ2) is 4.53. The van der Waals surface area contributed by atoms with Gasteiger partial charge < -0.3 is 10.2 Å². The molecule has 7 heteroatoms. The number of hydrogen-bond donors (Lipinski definition) is 2. The SMILES string of the molecule is N#Cc1nc(CC(=O)O)c(O)cc1C(F)F. The molecule has 1 rings (SSSR count). The van der Waals surface area contributed by atoms with Crippen LogP contribution in [0.1, 0.15) is 23.4 Å². The molecule has 0 aromatic carbocycles. The van der Waals surface area contributed by atoms with Crippen LogP contribution in [0.3, 0.4) is 0 Å². The van der Waals surface area contributed by atoms with E-state index in [0.717, 1.165) is 0 Å². The van der Waals surface area contributed by atoms with Crippen molar-refractivity contribution < 1.29 is 23.8 Å². The molecule has 0 saturated carbocycles. The summed E-state index contributed by atoms with van der Waals surface area (Å²) in [6.07, 6.45) is -3.59. The van der Waals surface area contributed by atoms with Crippen molar-refractivity contribution in [1.29, 1.82) is 5.26 Å². The van der Waals surface area contributed by atoms with Crippen molar-refractivity contribution in [3.63, 3.8) is 0 Å². The molecule has 0 aliphatic carbocycles. The maximum atomic E-state index is 12.4. The maximum Gasteiger partial charge on any atom is 0.309 e. The molecule has 1 aromatic heterocycles. The van der Waals surface area contributed by atoms with E-state index in [1.807, 2.05) is 0 Å². The van der Waals surface area contributed by atoms with Crippen molar-refractivity contribution in [1.82, 2.24) is 4.98 Å². The summed E-state index contributed by atoms with van der Waals surface area (Å²) in [5.74, 6) is -1.94. The summed E-state index contributed by atoms with van der Waals surface area (Å²) in [5, 5.41) is 26.2. The highest BCUT2D eigenvalue weighted by molar-refractivity contribution is 5.70. The fourth-order valence-corrected chi connectivity index (χ4v) is 1.08. The third-order valence-corrected chi connectivity index (χ3v) is 1.77. The van der Waals surface area contributed by atoms with Gasteiger partial charge in [-0.25, -0.2) is 13.8 Å². The zero-order valence-electron chi connectivity index (χ0n) is 7.81. The molecular weight excluding hydrogens is 222 g/mol. The van der Waals surface area contributed by atoms with Crippen LogP contribution in [0.4, 0.5) is 8.78 Å². The van der Waals surface area contributed by atoms with Crippen molar-refractivity contribution in [2.75, 3.05) is 0 Å². The van der Waals surface area contributed by atoms with Crippen LogP contribution in [0.5, 0.6) is 5.75 Å². The zero-order chi connectivity index (χ0) is 12.3. The van der Waals surface area contributed by atoms with Crippen LogP contribution in [0, 0.1) is 11.3 Å². The molecule has 2 N–H and O–H groups in total. The standard InChI is InChI=1S/C9H6F2N2O3/c10-9(11)4-1-7(14)5(2-8(15)16)13-6(4)3-12/h1,9,14H,2H2,(H,15,16). The maximum absolute atomic E-state index is 12.4. The monoisotopic (exact) mass is 228 g/mol. The minimum Gasteiger partial charge on any atom is -0.506 e. The Bertz CT molecular complexity index is 469. The molecule has 16 heavy (non-hydrogen) atoms. The van der Waals surface area contributed by atoms with Gasteiger partial charge in [0.1, 0.15) is 17.5 Å². The van der Waals surface area contributed by atoms with E-state index in [4.69, 9.17) is 10.4 Å². The van der Waals surface area contributed by atoms with E-state index in [0.29, 0.717) is 6.07 Å². The highest BCUT2D eigenvalue weighted by Gasteiger charge is 2.19. The van der Waals surface area contributed by atoms with Gasteiger partial charge in [0.05, 0.1) is 17.7 Å². The number of halogens is 2. The Morgan fingerprint density at radius 2 is 2.25 bits per heavy atom. The third-order valence-electron chi connectivity index (χ3n) is 1.77. The number of carbonyl (C=O) groups is 1. The minimum atomic E-state index is -2.95. The number of aromatic nitrogens is 1. The Kier molecular flexibility index (Phi) is 3.35. The highest BCUT2D eigenvalue weighted by Crippen LogP contribution is 2.27. The van der Waals surface area contributed by atoms with E-state index in [1.165, 1.54) is 6.07 Å². The van der Waals surface area contributed by atoms with Gasteiger partial charge in [0.25, 0.3) is 6.43 Å². The summed E-state index contributed by atoms with van der Waals surface area (Å²) in [6, 6.07) is 2.08. The molecule has 0 amide bonds. The quantitative estimate of drug-likeness (QED) is 0.811. The summed E-state index contributed by atoms with van der Waals surface area (Å²) < 4.78 is 24.7. The number of aromatic hydroxyl groups is 1. The average Bonchev–Trinajstić information content (AvgIpc) is 2.19. The van der Waals surface area contributed by atoms with Gasteiger partial charge in [-0.1, -0.05) is 0 Å². The molecule has 1 heterocycles. The minimum absolute atomic E-state index is 0.312. The molecule has 0 aliphatic rings. The lowest BCUT2D eigenvalue weighted by molar-refractivity contribution is -0.136. The van der Waals surface area contributed by atoms with Crippen LogP contribution in [-0.2, 0) is 11.2 Å². The van der Waals surface area contributed by atoms with Gasteiger partial charge in [0.2, 0.25) is 0 Å². The molecule has 0 spiro atoms. The van der Waals surface area contributed by atoms with Gasteiger partial charge in [0.15, 0.2) is 0 Å². The van der Waals surface area contributed by atoms with E-state index in [2.05, 4.69) is 4.98 Å². The first kappa shape index (κ1) is 11.8.